The molecule has 0 bridgehead atoms. The molecule has 0 amide bonds. The van der Waals surface area contributed by atoms with Crippen LogP contribution >= 0.6 is 22.9 Å². The van der Waals surface area contributed by atoms with Crippen LogP contribution in [0.2, 0.25) is 0 Å². The lowest BCUT2D eigenvalue weighted by atomic mass is 10.1. The molecule has 0 spiro atoms. The van der Waals surface area contributed by atoms with Crippen LogP contribution in [0.5, 0.6) is 0 Å². The van der Waals surface area contributed by atoms with E-state index < -0.39 is 0 Å². The number of nitrogens with zero attached hydrogens (tertiary/aromatic N) is 2. The molecule has 2 aromatic heterocycles. The number of hydrogen-bond donors (Lipinski definition) is 0. The normalized spacial score (nSPS) is 11.9. The Hall–Kier alpha value is -2.79. The van der Waals surface area contributed by atoms with Gasteiger partial charge in [0.2, 0.25) is 0 Å². The molecule has 0 radical (unpaired) electrons. The summed E-state index contributed by atoms with van der Waals surface area (Å²) in [6.45, 7) is 0. The lowest BCUT2D eigenvalue weighted by Gasteiger charge is -2.08. The molecule has 0 N–H and O–H groups in total. The zero-order valence-electron chi connectivity index (χ0n) is 14.4. The number of halogens is 1. The second-order valence-corrected chi connectivity index (χ2v) is 7.81. The molecule has 3 heteroatoms. The van der Waals surface area contributed by atoms with Crippen molar-refractivity contribution in [2.75, 3.05) is 0 Å². The second kappa shape index (κ2) is 5.60. The minimum atomic E-state index is 1.20. The van der Waals surface area contributed by atoms with Crippen molar-refractivity contribution in [2.24, 2.45) is 0 Å². The second-order valence-electron chi connectivity index (χ2n) is 6.84. The average molecular weight is 458 g/mol. The molecule has 0 atom stereocenters. The third kappa shape index (κ3) is 2.00. The van der Waals surface area contributed by atoms with Gasteiger partial charge >= 0.3 is 0 Å². The molecular formula is C24H15IN2. The van der Waals surface area contributed by atoms with Gasteiger partial charge in [-0.05, 0) is 30.3 Å². The third-order valence-corrected chi connectivity index (χ3v) is 6.46. The summed E-state index contributed by atoms with van der Waals surface area (Å²) in [6.07, 6.45) is 0. The smallest absolute Gasteiger partial charge is 0.0646 e. The van der Waals surface area contributed by atoms with Crippen molar-refractivity contribution in [3.63, 3.8) is 0 Å². The molecule has 27 heavy (non-hydrogen) atoms. The van der Waals surface area contributed by atoms with Gasteiger partial charge in [0, 0.05) is 27.2 Å². The van der Waals surface area contributed by atoms with Gasteiger partial charge in [-0.25, -0.2) is 0 Å². The van der Waals surface area contributed by atoms with E-state index in [0.29, 0.717) is 0 Å². The van der Waals surface area contributed by atoms with Gasteiger partial charge in [0.1, 0.15) is 0 Å². The number of hydrogen-bond acceptors (Lipinski definition) is 0. The van der Waals surface area contributed by atoms with Crippen LogP contribution < -0.4 is 0 Å². The summed E-state index contributed by atoms with van der Waals surface area (Å²) < 4.78 is 4.69. The first-order valence-corrected chi connectivity index (χ1v) is 9.98. The lowest BCUT2D eigenvalue weighted by molar-refractivity contribution is 1.19. The Labute approximate surface area is 170 Å². The zero-order chi connectivity index (χ0) is 18.0. The van der Waals surface area contributed by atoms with Crippen molar-refractivity contribution in [3.05, 3.63) is 91.0 Å². The zero-order valence-corrected chi connectivity index (χ0v) is 16.6. The molecule has 0 aliphatic heterocycles. The van der Waals surface area contributed by atoms with E-state index in [1.807, 2.05) is 0 Å². The highest BCUT2D eigenvalue weighted by Gasteiger charge is 2.18. The standard InChI is InChI=1S/C24H15IN2/c25-27-21-13-7-5-11-19(21)23-22(27)15-14-18-17-10-4-6-12-20(17)26(24(18)23)16-8-2-1-3-9-16/h1-15H. The quantitative estimate of drug-likeness (QED) is 0.233. The molecule has 6 rings (SSSR count). The Morgan fingerprint density at radius 1 is 0.519 bits per heavy atom. The molecule has 2 heterocycles. The summed E-state index contributed by atoms with van der Waals surface area (Å²) >= 11 is 2.42. The van der Waals surface area contributed by atoms with Crippen LogP contribution in [-0.2, 0) is 0 Å². The van der Waals surface area contributed by atoms with Gasteiger partial charge in [-0.1, -0.05) is 60.7 Å². The third-order valence-electron chi connectivity index (χ3n) is 5.43. The summed E-state index contributed by atoms with van der Waals surface area (Å²) in [6, 6.07) is 32.6. The SMILES string of the molecule is In1c2ccccc2c2c1ccc1c3ccccc3n(-c3ccccc3)c12. The molecule has 0 fully saturated rings. The Morgan fingerprint density at radius 3 is 2.00 bits per heavy atom. The fourth-order valence-corrected chi connectivity index (χ4v) is 5.13. The molecule has 0 unspecified atom stereocenters. The predicted molar refractivity (Wildman–Crippen MR) is 123 cm³/mol. The fourth-order valence-electron chi connectivity index (χ4n) is 4.31. The molecule has 4 aromatic carbocycles. The van der Waals surface area contributed by atoms with Crippen molar-refractivity contribution in [3.8, 4) is 5.69 Å². The molecular weight excluding hydrogens is 443 g/mol. The van der Waals surface area contributed by atoms with Crippen molar-refractivity contribution in [1.82, 2.24) is 7.35 Å². The fraction of sp³-hybridized carbons (Fsp3) is 0. The summed E-state index contributed by atoms with van der Waals surface area (Å²) in [4.78, 5) is 0. The first-order chi connectivity index (χ1) is 13.3. The van der Waals surface area contributed by atoms with Gasteiger partial charge < -0.3 is 4.57 Å². The van der Waals surface area contributed by atoms with Crippen molar-refractivity contribution in [1.29, 1.82) is 0 Å². The minimum Gasteiger partial charge on any atom is -0.309 e. The molecule has 0 aliphatic carbocycles. The van der Waals surface area contributed by atoms with E-state index in [0.717, 1.165) is 0 Å². The van der Waals surface area contributed by atoms with Crippen LogP contribution in [0.3, 0.4) is 0 Å². The molecule has 6 aromatic rings. The van der Waals surface area contributed by atoms with Crippen LogP contribution in [0.25, 0.3) is 49.3 Å². The monoisotopic (exact) mass is 458 g/mol. The maximum atomic E-state index is 2.42. The van der Waals surface area contributed by atoms with Gasteiger partial charge in [-0.2, -0.15) is 0 Å². The van der Waals surface area contributed by atoms with Crippen LogP contribution in [0.4, 0.5) is 0 Å². The van der Waals surface area contributed by atoms with E-state index in [9.17, 15) is 0 Å². The molecule has 0 aliphatic rings. The van der Waals surface area contributed by atoms with E-state index in [1.165, 1.54) is 49.3 Å². The summed E-state index contributed by atoms with van der Waals surface area (Å²) in [5.41, 5.74) is 6.24. The summed E-state index contributed by atoms with van der Waals surface area (Å²) in [5.74, 6) is 0. The minimum absolute atomic E-state index is 1.20. The van der Waals surface area contributed by atoms with E-state index in [-0.39, 0.29) is 0 Å². The number of para-hydroxylation sites is 3. The molecule has 0 saturated carbocycles. The first kappa shape index (κ1) is 15.3. The highest BCUT2D eigenvalue weighted by Crippen LogP contribution is 2.41. The maximum Gasteiger partial charge on any atom is 0.0646 e. The van der Waals surface area contributed by atoms with Gasteiger partial charge in [0.05, 0.1) is 44.9 Å². The van der Waals surface area contributed by atoms with Crippen LogP contribution in [0, 0.1) is 0 Å². The van der Waals surface area contributed by atoms with E-state index in [2.05, 4.69) is 121 Å². The van der Waals surface area contributed by atoms with Crippen LogP contribution in [0.15, 0.2) is 91.0 Å². The largest absolute Gasteiger partial charge is 0.309 e. The Kier molecular flexibility index (Phi) is 3.17. The molecule has 0 saturated heterocycles. The van der Waals surface area contributed by atoms with Crippen molar-refractivity contribution >= 4 is 66.5 Å². The number of fused-ring (bicyclic) bond motifs is 7. The van der Waals surface area contributed by atoms with Gasteiger partial charge in [0.15, 0.2) is 0 Å². The molecule has 128 valence electrons. The first-order valence-electron chi connectivity index (χ1n) is 9.01. The Morgan fingerprint density at radius 2 is 1.19 bits per heavy atom. The van der Waals surface area contributed by atoms with Crippen LogP contribution in [0.1, 0.15) is 0 Å². The van der Waals surface area contributed by atoms with Crippen molar-refractivity contribution in [2.45, 2.75) is 0 Å². The van der Waals surface area contributed by atoms with Crippen molar-refractivity contribution < 1.29 is 0 Å². The van der Waals surface area contributed by atoms with E-state index >= 15 is 0 Å². The molecule has 2 nitrogen and oxygen atoms in total. The summed E-state index contributed by atoms with van der Waals surface area (Å²) in [5, 5.41) is 5.21. The van der Waals surface area contributed by atoms with E-state index in [1.54, 1.807) is 0 Å². The topological polar surface area (TPSA) is 9.86 Å². The van der Waals surface area contributed by atoms with Gasteiger partial charge in [0.25, 0.3) is 0 Å². The lowest BCUT2D eigenvalue weighted by Crippen LogP contribution is -1.93. The average Bonchev–Trinajstić information content (AvgIpc) is 3.22. The Bertz CT molecular complexity index is 1470. The van der Waals surface area contributed by atoms with Gasteiger partial charge in [-0.15, -0.1) is 0 Å². The predicted octanol–water partition coefficient (Wildman–Crippen LogP) is 7.09. The van der Waals surface area contributed by atoms with Gasteiger partial charge in [-0.3, -0.25) is 2.78 Å². The highest BCUT2D eigenvalue weighted by molar-refractivity contribution is 14.1. The van der Waals surface area contributed by atoms with E-state index in [4.69, 9.17) is 0 Å². The summed E-state index contributed by atoms with van der Waals surface area (Å²) in [7, 11) is 0. The highest BCUT2D eigenvalue weighted by atomic mass is 127. The maximum absolute atomic E-state index is 2.42. The number of benzene rings is 4. The Balaban J connectivity index is 1.97. The van der Waals surface area contributed by atoms with Crippen LogP contribution in [-0.4, -0.2) is 7.35 Å². The number of aromatic nitrogens is 2. The number of rotatable bonds is 1.